The zero-order chi connectivity index (χ0) is 16.4. The molecule has 6 heteroatoms. The summed E-state index contributed by atoms with van der Waals surface area (Å²) < 4.78 is 10.6. The number of benzene rings is 1. The molecule has 2 aromatic rings. The summed E-state index contributed by atoms with van der Waals surface area (Å²) in [5, 5.41) is 5.68. The summed E-state index contributed by atoms with van der Waals surface area (Å²) in [6.45, 7) is 3.65. The Hall–Kier alpha value is -2.50. The Labute approximate surface area is 135 Å². The third kappa shape index (κ3) is 3.64. The van der Waals surface area contributed by atoms with Gasteiger partial charge in [-0.15, -0.1) is 0 Å². The highest BCUT2D eigenvalue weighted by Crippen LogP contribution is 2.41. The van der Waals surface area contributed by atoms with Crippen molar-refractivity contribution in [3.63, 3.8) is 0 Å². The van der Waals surface area contributed by atoms with Crippen LogP contribution in [0.1, 0.15) is 35.9 Å². The molecule has 1 aromatic carbocycles. The number of rotatable bonds is 5. The molecule has 1 heterocycles. The second-order valence-corrected chi connectivity index (χ2v) is 5.85. The number of hydrogen-bond acceptors (Lipinski definition) is 4. The van der Waals surface area contributed by atoms with Gasteiger partial charge in [0.15, 0.2) is 0 Å². The van der Waals surface area contributed by atoms with Crippen LogP contribution in [0.4, 0.5) is 10.8 Å². The lowest BCUT2D eigenvalue weighted by Gasteiger charge is -2.18. The topological polar surface area (TPSA) is 76.4 Å². The Bertz CT molecular complexity index is 670. The first-order valence-corrected chi connectivity index (χ1v) is 7.72. The highest BCUT2D eigenvalue weighted by Gasteiger charge is 2.33. The van der Waals surface area contributed by atoms with Crippen molar-refractivity contribution in [2.24, 2.45) is 5.92 Å². The number of nitrogens with one attached hydrogen (secondary N) is 2. The molecule has 0 aliphatic heterocycles. The van der Waals surface area contributed by atoms with Crippen molar-refractivity contribution in [2.45, 2.75) is 32.7 Å². The van der Waals surface area contributed by atoms with Gasteiger partial charge in [0.05, 0.1) is 18.8 Å². The van der Waals surface area contributed by atoms with Gasteiger partial charge in [-0.05, 0) is 50.3 Å². The molecule has 2 N–H and O–H groups in total. The molecule has 1 aliphatic carbocycles. The number of ether oxygens (including phenoxy) is 1. The molecule has 6 nitrogen and oxygen atoms in total. The molecule has 0 bridgehead atoms. The molecule has 0 spiro atoms. The molecule has 1 atom stereocenters. The normalized spacial score (nSPS) is 15.1. The maximum atomic E-state index is 12.2. The second kappa shape index (κ2) is 6.32. The van der Waals surface area contributed by atoms with Crippen molar-refractivity contribution < 1.29 is 13.9 Å². The smallest absolute Gasteiger partial charge is 0.323 e. The van der Waals surface area contributed by atoms with Gasteiger partial charge in [-0.2, -0.15) is 4.98 Å². The van der Waals surface area contributed by atoms with E-state index in [9.17, 15) is 4.79 Å². The molecule has 23 heavy (non-hydrogen) atoms. The van der Waals surface area contributed by atoms with E-state index in [0.717, 1.165) is 29.8 Å². The lowest BCUT2D eigenvalue weighted by Crippen LogP contribution is -2.33. The van der Waals surface area contributed by atoms with Crippen molar-refractivity contribution in [2.75, 3.05) is 12.4 Å². The maximum Gasteiger partial charge on any atom is 0.323 e. The number of oxazole rings is 1. The third-order valence-corrected chi connectivity index (χ3v) is 4.10. The quantitative estimate of drug-likeness (QED) is 0.884. The molecule has 3 rings (SSSR count). The van der Waals surface area contributed by atoms with Crippen LogP contribution in [-0.4, -0.2) is 18.1 Å². The molecule has 1 fully saturated rings. The van der Waals surface area contributed by atoms with Gasteiger partial charge < -0.3 is 14.5 Å². The molecular formula is C17H21N3O3. The van der Waals surface area contributed by atoms with Crippen molar-refractivity contribution in [1.82, 2.24) is 10.3 Å². The molecule has 122 valence electrons. The number of carbonyl (C=O) groups is 1. The van der Waals surface area contributed by atoms with Crippen LogP contribution in [0.5, 0.6) is 5.75 Å². The van der Waals surface area contributed by atoms with Crippen LogP contribution >= 0.6 is 0 Å². The Morgan fingerprint density at radius 3 is 2.52 bits per heavy atom. The zero-order valence-electron chi connectivity index (χ0n) is 13.6. The minimum absolute atomic E-state index is 0.0157. The number of anilines is 1. The Morgan fingerprint density at radius 2 is 2.00 bits per heavy atom. The lowest BCUT2D eigenvalue weighted by atomic mass is 10.0. The monoisotopic (exact) mass is 315 g/mol. The van der Waals surface area contributed by atoms with Crippen LogP contribution in [0.15, 0.2) is 28.7 Å². The first-order valence-electron chi connectivity index (χ1n) is 7.72. The van der Waals surface area contributed by atoms with Gasteiger partial charge in [0.2, 0.25) is 0 Å². The average molecular weight is 315 g/mol. The third-order valence-electron chi connectivity index (χ3n) is 4.10. The fraction of sp³-hybridized carbons (Fsp3) is 0.412. The highest BCUT2D eigenvalue weighted by atomic mass is 16.5. The first-order chi connectivity index (χ1) is 11.1. The summed E-state index contributed by atoms with van der Waals surface area (Å²) in [6.07, 6.45) is 2.24. The van der Waals surface area contributed by atoms with Crippen molar-refractivity contribution in [3.8, 4) is 5.75 Å². The largest absolute Gasteiger partial charge is 0.497 e. The van der Waals surface area contributed by atoms with E-state index in [1.807, 2.05) is 38.1 Å². The van der Waals surface area contributed by atoms with Crippen molar-refractivity contribution in [3.05, 3.63) is 41.3 Å². The summed E-state index contributed by atoms with van der Waals surface area (Å²) in [5.41, 5.74) is 1.84. The average Bonchev–Trinajstić information content (AvgIpc) is 3.32. The minimum atomic E-state index is -0.307. The number of aryl methyl sites for hydroxylation is 2. The van der Waals surface area contributed by atoms with Gasteiger partial charge in [-0.1, -0.05) is 12.1 Å². The standard InChI is InChI=1S/C17H21N3O3/c1-10-11(2)23-17(18-10)20-16(21)19-15(12-4-5-12)13-6-8-14(22-3)9-7-13/h6-9,12,15H,4-5H2,1-3H3,(H2,18,19,20,21). The molecule has 0 saturated heterocycles. The molecule has 1 saturated carbocycles. The Kier molecular flexibility index (Phi) is 4.23. The number of amides is 2. The minimum Gasteiger partial charge on any atom is -0.497 e. The number of hydrogen-bond donors (Lipinski definition) is 2. The number of urea groups is 1. The molecule has 1 aromatic heterocycles. The van der Waals surface area contributed by atoms with E-state index in [1.54, 1.807) is 7.11 Å². The van der Waals surface area contributed by atoms with Gasteiger partial charge in [0, 0.05) is 0 Å². The highest BCUT2D eigenvalue weighted by molar-refractivity contribution is 5.87. The zero-order valence-corrected chi connectivity index (χ0v) is 13.6. The number of methoxy groups -OCH3 is 1. The second-order valence-electron chi connectivity index (χ2n) is 5.85. The van der Waals surface area contributed by atoms with Gasteiger partial charge in [-0.3, -0.25) is 5.32 Å². The van der Waals surface area contributed by atoms with Crippen LogP contribution in [0.25, 0.3) is 0 Å². The van der Waals surface area contributed by atoms with Gasteiger partial charge >= 0.3 is 12.0 Å². The molecule has 1 unspecified atom stereocenters. The molecule has 2 amide bonds. The van der Waals surface area contributed by atoms with E-state index < -0.39 is 0 Å². The van der Waals surface area contributed by atoms with Crippen LogP contribution in [0.2, 0.25) is 0 Å². The van der Waals surface area contributed by atoms with Crippen molar-refractivity contribution >= 4 is 12.0 Å². The lowest BCUT2D eigenvalue weighted by molar-refractivity contribution is 0.246. The van der Waals surface area contributed by atoms with E-state index in [-0.39, 0.29) is 18.1 Å². The van der Waals surface area contributed by atoms with Gasteiger partial charge in [-0.25, -0.2) is 4.79 Å². The predicted octanol–water partition coefficient (Wildman–Crippen LogP) is 3.57. The summed E-state index contributed by atoms with van der Waals surface area (Å²) in [6, 6.07) is 7.69. The number of aromatic nitrogens is 1. The van der Waals surface area contributed by atoms with E-state index >= 15 is 0 Å². The van der Waals surface area contributed by atoms with E-state index in [0.29, 0.717) is 11.7 Å². The summed E-state index contributed by atoms with van der Waals surface area (Å²) in [5.74, 6) is 1.98. The molecule has 1 aliphatic rings. The van der Waals surface area contributed by atoms with Crippen molar-refractivity contribution in [1.29, 1.82) is 0 Å². The van der Waals surface area contributed by atoms with Crippen LogP contribution in [0.3, 0.4) is 0 Å². The fourth-order valence-corrected chi connectivity index (χ4v) is 2.51. The van der Waals surface area contributed by atoms with Crippen LogP contribution in [0, 0.1) is 19.8 Å². The van der Waals surface area contributed by atoms with E-state index in [1.165, 1.54) is 0 Å². The Balaban J connectivity index is 1.68. The van der Waals surface area contributed by atoms with Crippen LogP contribution < -0.4 is 15.4 Å². The maximum absolute atomic E-state index is 12.2. The van der Waals surface area contributed by atoms with E-state index in [4.69, 9.17) is 9.15 Å². The summed E-state index contributed by atoms with van der Waals surface area (Å²) >= 11 is 0. The van der Waals surface area contributed by atoms with Gasteiger partial charge in [0.25, 0.3) is 0 Å². The number of carbonyl (C=O) groups excluding carboxylic acids is 1. The molecule has 0 radical (unpaired) electrons. The SMILES string of the molecule is COc1ccc(C(NC(=O)Nc2nc(C)c(C)o2)C2CC2)cc1. The van der Waals surface area contributed by atoms with Crippen LogP contribution in [-0.2, 0) is 0 Å². The first kappa shape index (κ1) is 15.4. The summed E-state index contributed by atoms with van der Waals surface area (Å²) in [4.78, 5) is 16.4. The van der Waals surface area contributed by atoms with Gasteiger partial charge in [0.1, 0.15) is 11.5 Å². The summed E-state index contributed by atoms with van der Waals surface area (Å²) in [7, 11) is 1.64. The Morgan fingerprint density at radius 1 is 1.30 bits per heavy atom. The molecular weight excluding hydrogens is 294 g/mol. The number of nitrogens with zero attached hydrogens (tertiary/aromatic N) is 1. The fourth-order valence-electron chi connectivity index (χ4n) is 2.51. The van der Waals surface area contributed by atoms with E-state index in [2.05, 4.69) is 15.6 Å². The predicted molar refractivity (Wildman–Crippen MR) is 86.6 cm³/mol.